The Hall–Kier alpha value is -4.73. The Morgan fingerprint density at radius 2 is 1.25 bits per heavy atom. The number of urea groups is 2. The molecule has 0 aliphatic carbocycles. The summed E-state index contributed by atoms with van der Waals surface area (Å²) in [6, 6.07) is 13.6. The Balaban J connectivity index is 2.14. The number of nitrogens with two attached hydrogens (primary N) is 2. The number of hydrogen-bond acceptors (Lipinski definition) is 9. The van der Waals surface area contributed by atoms with Crippen LogP contribution < -0.4 is 27.6 Å². The maximum absolute atomic E-state index is 13.6. The van der Waals surface area contributed by atoms with Gasteiger partial charge in [-0.05, 0) is 52.7 Å². The lowest BCUT2D eigenvalue weighted by Gasteiger charge is -2.30. The first kappa shape index (κ1) is 39.4. The fourth-order valence-electron chi connectivity index (χ4n) is 3.83. The monoisotopic (exact) mass is 671 g/mol. The molecule has 0 bridgehead atoms. The van der Waals surface area contributed by atoms with Gasteiger partial charge in [0.25, 0.3) is 5.91 Å². The van der Waals surface area contributed by atoms with Gasteiger partial charge in [0, 0.05) is 0 Å². The Bertz CT molecular complexity index is 1350. The fourth-order valence-corrected chi connectivity index (χ4v) is 3.83. The molecule has 0 unspecified atom stereocenters. The molecule has 0 radical (unpaired) electrons. The molecule has 2 rings (SSSR count). The number of nitrogens with one attached hydrogen (secondary N) is 3. The number of amides is 6. The third kappa shape index (κ3) is 15.7. The van der Waals surface area contributed by atoms with Crippen molar-refractivity contribution in [2.45, 2.75) is 84.4 Å². The van der Waals surface area contributed by atoms with Gasteiger partial charge in [0.2, 0.25) is 5.91 Å². The molecule has 0 saturated carbocycles. The molecule has 7 N–H and O–H groups in total. The fraction of sp³-hybridized carbons (Fsp3) is 0.485. The molecule has 0 heterocycles. The molecule has 0 aromatic heterocycles. The topological polar surface area (TPSA) is 208 Å². The second-order valence-corrected chi connectivity index (χ2v) is 12.9. The number of hydrazine groups is 2. The molecule has 15 heteroatoms. The van der Waals surface area contributed by atoms with Gasteiger partial charge >= 0.3 is 18.0 Å². The number of esters is 1. The van der Waals surface area contributed by atoms with Crippen LogP contribution in [0.3, 0.4) is 0 Å². The molecule has 2 atom stereocenters. The van der Waals surface area contributed by atoms with Crippen LogP contribution >= 0.6 is 0 Å². The van der Waals surface area contributed by atoms with Crippen LogP contribution in [-0.4, -0.2) is 82.9 Å². The highest BCUT2D eigenvalue weighted by molar-refractivity contribution is 5.92. The van der Waals surface area contributed by atoms with Crippen molar-refractivity contribution in [3.8, 4) is 0 Å². The number of rotatable bonds is 15. The maximum atomic E-state index is 13.6. The van der Waals surface area contributed by atoms with Crippen LogP contribution in [0.5, 0.6) is 0 Å². The van der Waals surface area contributed by atoms with Gasteiger partial charge in [-0.3, -0.25) is 24.8 Å². The lowest BCUT2D eigenvalue weighted by Crippen LogP contribution is -2.61. The summed E-state index contributed by atoms with van der Waals surface area (Å²) in [6.07, 6.45) is -0.275. The quantitative estimate of drug-likeness (QED) is 0.0812. The summed E-state index contributed by atoms with van der Waals surface area (Å²) >= 11 is 0. The normalized spacial score (nSPS) is 12.6. The average molecular weight is 672 g/mol. The minimum Gasteiger partial charge on any atom is -0.461 e. The van der Waals surface area contributed by atoms with Gasteiger partial charge in [-0.1, -0.05) is 60.7 Å². The maximum Gasteiger partial charge on any atom is 0.333 e. The second-order valence-electron chi connectivity index (χ2n) is 12.9. The van der Waals surface area contributed by atoms with Crippen molar-refractivity contribution in [2.75, 3.05) is 19.8 Å². The van der Waals surface area contributed by atoms with Gasteiger partial charge in [-0.15, -0.1) is 0 Å². The summed E-state index contributed by atoms with van der Waals surface area (Å²) in [5.41, 5.74) is 7.97. The van der Waals surface area contributed by atoms with Crippen LogP contribution in [0.2, 0.25) is 0 Å². The second kappa shape index (κ2) is 18.6. The summed E-state index contributed by atoms with van der Waals surface area (Å²) in [4.78, 5) is 64.5. The Kier molecular flexibility index (Phi) is 15.3. The van der Waals surface area contributed by atoms with E-state index in [4.69, 9.17) is 25.8 Å². The molecule has 6 amide bonds. The standard InChI is InChI=1S/C33H49N7O8/c1-32(2,3)47-21-25(37-31(45)39(35)19-23-13-9-7-10-14-23)28(42)36-26(22-48-33(4,5)6)29(43)38-40(30(34)44)18-17-27(41)46-20-24-15-11-8-12-16-24/h7-16,25-26H,17-22,35H2,1-6H3,(H2,34,44)(H,36,42)(H,37,45)(H,38,43)/t25-,26-/m0/s1. The first-order valence-corrected chi connectivity index (χ1v) is 15.5. The van der Waals surface area contributed by atoms with Crippen LogP contribution in [0.4, 0.5) is 9.59 Å². The number of primary amides is 1. The molecule has 0 spiro atoms. The zero-order chi connectivity index (χ0) is 35.9. The third-order valence-electron chi connectivity index (χ3n) is 6.36. The molecule has 15 nitrogen and oxygen atoms in total. The molecule has 264 valence electrons. The van der Waals surface area contributed by atoms with Gasteiger partial charge in [0.05, 0.1) is 43.9 Å². The molecule has 0 aliphatic heterocycles. The number of hydrogen-bond donors (Lipinski definition) is 5. The van der Waals surface area contributed by atoms with E-state index in [1.54, 1.807) is 90.1 Å². The van der Waals surface area contributed by atoms with Gasteiger partial charge in [-0.25, -0.2) is 20.4 Å². The Morgan fingerprint density at radius 3 is 1.75 bits per heavy atom. The highest BCUT2D eigenvalue weighted by atomic mass is 16.5. The van der Waals surface area contributed by atoms with E-state index in [2.05, 4.69) is 16.1 Å². The smallest absolute Gasteiger partial charge is 0.333 e. The van der Waals surface area contributed by atoms with E-state index in [-0.39, 0.29) is 39.3 Å². The highest BCUT2D eigenvalue weighted by Crippen LogP contribution is 2.10. The van der Waals surface area contributed by atoms with Crippen molar-refractivity contribution >= 4 is 29.8 Å². The molecule has 0 aliphatic rings. The lowest BCUT2D eigenvalue weighted by molar-refractivity contribution is -0.145. The molecule has 2 aromatic rings. The molecular formula is C33H49N7O8. The molecule has 2 aromatic carbocycles. The first-order valence-electron chi connectivity index (χ1n) is 15.5. The van der Waals surface area contributed by atoms with Crippen LogP contribution in [0.25, 0.3) is 0 Å². The number of carbonyl (C=O) groups excluding carboxylic acids is 5. The zero-order valence-corrected chi connectivity index (χ0v) is 28.5. The number of carbonyl (C=O) groups is 5. The van der Waals surface area contributed by atoms with Crippen molar-refractivity contribution in [1.82, 2.24) is 26.1 Å². The van der Waals surface area contributed by atoms with E-state index in [0.29, 0.717) is 0 Å². The van der Waals surface area contributed by atoms with Crippen LogP contribution in [-0.2, 0) is 41.7 Å². The summed E-state index contributed by atoms with van der Waals surface area (Å²) in [6.45, 7) is 9.81. The van der Waals surface area contributed by atoms with E-state index < -0.39 is 53.1 Å². The zero-order valence-electron chi connectivity index (χ0n) is 28.5. The minimum absolute atomic E-state index is 0.0334. The summed E-state index contributed by atoms with van der Waals surface area (Å²) in [5, 5.41) is 6.77. The molecule has 0 saturated heterocycles. The molecular weight excluding hydrogens is 622 g/mol. The van der Waals surface area contributed by atoms with Crippen molar-refractivity contribution in [1.29, 1.82) is 0 Å². The van der Waals surface area contributed by atoms with Crippen molar-refractivity contribution in [3.63, 3.8) is 0 Å². The van der Waals surface area contributed by atoms with E-state index in [1.807, 2.05) is 12.1 Å². The summed E-state index contributed by atoms with van der Waals surface area (Å²) in [5.74, 6) is 3.71. The Labute approximate surface area is 281 Å². The van der Waals surface area contributed by atoms with E-state index in [1.165, 1.54) is 0 Å². The number of ether oxygens (including phenoxy) is 3. The summed E-state index contributed by atoms with van der Waals surface area (Å²) < 4.78 is 16.8. The van der Waals surface area contributed by atoms with Gasteiger partial charge in [0.1, 0.15) is 18.7 Å². The summed E-state index contributed by atoms with van der Waals surface area (Å²) in [7, 11) is 0. The van der Waals surface area contributed by atoms with Crippen LogP contribution in [0, 0.1) is 0 Å². The van der Waals surface area contributed by atoms with E-state index in [0.717, 1.165) is 21.1 Å². The SMILES string of the molecule is CC(C)(C)OC[C@H](NC(=O)[C@H](COC(C)(C)C)NC(=O)N(N)Cc1ccccc1)C(=O)NN(CCC(=O)OCc1ccccc1)C(N)=O. The van der Waals surface area contributed by atoms with Crippen molar-refractivity contribution in [3.05, 3.63) is 71.8 Å². The third-order valence-corrected chi connectivity index (χ3v) is 6.36. The highest BCUT2D eigenvalue weighted by Gasteiger charge is 2.31. The number of nitrogens with zero attached hydrogens (tertiary/aromatic N) is 2. The largest absolute Gasteiger partial charge is 0.461 e. The predicted octanol–water partition coefficient (Wildman–Crippen LogP) is 2.10. The van der Waals surface area contributed by atoms with Crippen molar-refractivity contribution in [2.24, 2.45) is 11.6 Å². The molecule has 48 heavy (non-hydrogen) atoms. The van der Waals surface area contributed by atoms with E-state index in [9.17, 15) is 24.0 Å². The van der Waals surface area contributed by atoms with Gasteiger partial charge < -0.3 is 30.6 Å². The predicted molar refractivity (Wildman–Crippen MR) is 177 cm³/mol. The van der Waals surface area contributed by atoms with Crippen molar-refractivity contribution < 1.29 is 38.2 Å². The lowest BCUT2D eigenvalue weighted by atomic mass is 10.1. The minimum atomic E-state index is -1.36. The first-order chi connectivity index (χ1) is 22.4. The van der Waals surface area contributed by atoms with Gasteiger partial charge in [0.15, 0.2) is 0 Å². The number of benzene rings is 2. The van der Waals surface area contributed by atoms with Crippen LogP contribution in [0.1, 0.15) is 59.1 Å². The van der Waals surface area contributed by atoms with E-state index >= 15 is 0 Å². The van der Waals surface area contributed by atoms with Crippen LogP contribution in [0.15, 0.2) is 60.7 Å². The average Bonchev–Trinajstić information content (AvgIpc) is 3.01. The molecule has 0 fully saturated rings. The Morgan fingerprint density at radius 1 is 0.750 bits per heavy atom. The van der Waals surface area contributed by atoms with Gasteiger partial charge in [-0.2, -0.15) is 0 Å².